The smallest absolute Gasteiger partial charge is 0.338 e. The molecule has 1 unspecified atom stereocenters. The Bertz CT molecular complexity index is 2350. The molecule has 1 aliphatic heterocycles. The molecule has 7 rings (SSSR count). The summed E-state index contributed by atoms with van der Waals surface area (Å²) >= 11 is 0. The van der Waals surface area contributed by atoms with E-state index < -0.39 is 113 Å². The minimum atomic E-state index is -2.40. The lowest BCUT2D eigenvalue weighted by atomic mass is 9.44. The lowest BCUT2D eigenvalue weighted by Gasteiger charge is -2.67. The number of amides is 1. The summed E-state index contributed by atoms with van der Waals surface area (Å²) in [5.74, 6) is -6.83. The first-order valence-corrected chi connectivity index (χ1v) is 20.9. The van der Waals surface area contributed by atoms with Crippen molar-refractivity contribution in [3.05, 3.63) is 118 Å². The van der Waals surface area contributed by atoms with Crippen molar-refractivity contribution in [1.82, 2.24) is 5.32 Å². The summed E-state index contributed by atoms with van der Waals surface area (Å²) in [6.45, 7) is 9.68. The van der Waals surface area contributed by atoms with E-state index >= 15 is 4.79 Å². The number of aryl methyl sites for hydroxylation is 1. The number of fused-ring (bicyclic) bond motifs is 5. The van der Waals surface area contributed by atoms with Crippen LogP contribution < -0.4 is 5.32 Å². The van der Waals surface area contributed by atoms with Gasteiger partial charge in [-0.2, -0.15) is 0 Å². The second kappa shape index (κ2) is 16.8. The van der Waals surface area contributed by atoms with Crippen LogP contribution in [0.5, 0.6) is 0 Å². The third-order valence-corrected chi connectivity index (χ3v) is 13.8. The summed E-state index contributed by atoms with van der Waals surface area (Å²) in [5, 5.41) is 40.4. The molecule has 1 amide bonds. The molecule has 3 aromatic rings. The molecule has 0 spiro atoms. The Kier molecular flexibility index (Phi) is 12.0. The highest BCUT2D eigenvalue weighted by Crippen LogP contribution is 2.64. The molecule has 0 aromatic heterocycles. The van der Waals surface area contributed by atoms with Gasteiger partial charge in [-0.3, -0.25) is 19.2 Å². The quantitative estimate of drug-likeness (QED) is 0.128. The van der Waals surface area contributed by atoms with Crippen LogP contribution in [0.1, 0.15) is 92.3 Å². The van der Waals surface area contributed by atoms with Crippen LogP contribution in [0.4, 0.5) is 0 Å². The van der Waals surface area contributed by atoms with E-state index in [1.807, 2.05) is 0 Å². The molecule has 63 heavy (non-hydrogen) atoms. The van der Waals surface area contributed by atoms with Gasteiger partial charge in [-0.05, 0) is 61.2 Å². The first-order chi connectivity index (χ1) is 29.7. The first-order valence-electron chi connectivity index (χ1n) is 20.9. The van der Waals surface area contributed by atoms with Crippen LogP contribution in [0.2, 0.25) is 0 Å². The Morgan fingerprint density at radius 3 is 2.05 bits per heavy atom. The van der Waals surface area contributed by atoms with Crippen LogP contribution >= 0.6 is 0 Å². The minimum Gasteiger partial charge on any atom is -0.456 e. The molecule has 2 saturated carbocycles. The van der Waals surface area contributed by atoms with Gasteiger partial charge < -0.3 is 44.3 Å². The highest BCUT2D eigenvalue weighted by atomic mass is 16.6. The van der Waals surface area contributed by atoms with E-state index in [0.717, 1.165) is 13.8 Å². The highest BCUT2D eigenvalue weighted by Gasteiger charge is 2.78. The summed E-state index contributed by atoms with van der Waals surface area (Å²) in [5.41, 5.74) is -6.47. The Labute approximate surface area is 364 Å². The molecule has 1 heterocycles. The topological polar surface area (TPSA) is 221 Å². The Balaban J connectivity index is 1.40. The van der Waals surface area contributed by atoms with Crippen molar-refractivity contribution in [2.24, 2.45) is 16.7 Å². The SMILES string of the molecule is CC(=O)O[C@H]1C(=O)[C@]2(C)[C@@H](O)CC3OC[C@@]3(OC(C)=O)[C@H]2[C@H](OC(=O)c2ccccc2C)[C@]2(O)C[C@H](OC(=O)[C@H](O)[C@@H](NC(=O)c3ccccc3)c3ccccc3)C(C)=C1C2(C)C. The summed E-state index contributed by atoms with van der Waals surface area (Å²) in [6, 6.07) is 21.6. The van der Waals surface area contributed by atoms with E-state index in [-0.39, 0.29) is 35.3 Å². The predicted octanol–water partition coefficient (Wildman–Crippen LogP) is 4.04. The van der Waals surface area contributed by atoms with Crippen molar-refractivity contribution in [2.75, 3.05) is 6.61 Å². The molecular weight excluding hydrogens is 815 g/mol. The van der Waals surface area contributed by atoms with Crippen molar-refractivity contribution >= 4 is 35.6 Å². The normalized spacial score (nSPS) is 31.6. The average Bonchev–Trinajstić information content (AvgIpc) is 3.24. The molecule has 15 nitrogen and oxygen atoms in total. The van der Waals surface area contributed by atoms with Crippen LogP contribution in [0.25, 0.3) is 0 Å². The number of aliphatic hydroxyl groups is 3. The first kappa shape index (κ1) is 45.3. The van der Waals surface area contributed by atoms with E-state index in [9.17, 15) is 39.3 Å². The number of hydrogen-bond donors (Lipinski definition) is 4. The summed E-state index contributed by atoms with van der Waals surface area (Å²) < 4.78 is 30.4. The van der Waals surface area contributed by atoms with Crippen LogP contribution in [0.3, 0.4) is 0 Å². The van der Waals surface area contributed by atoms with Crippen molar-refractivity contribution in [2.45, 2.75) is 115 Å². The second-order valence-corrected chi connectivity index (χ2v) is 17.8. The Morgan fingerprint density at radius 1 is 0.841 bits per heavy atom. The zero-order valence-corrected chi connectivity index (χ0v) is 36.2. The van der Waals surface area contributed by atoms with Gasteiger partial charge in [-0.1, -0.05) is 80.6 Å². The van der Waals surface area contributed by atoms with Gasteiger partial charge in [0.1, 0.15) is 23.9 Å². The van der Waals surface area contributed by atoms with E-state index in [1.165, 1.54) is 19.9 Å². The number of benzene rings is 3. The van der Waals surface area contributed by atoms with Crippen LogP contribution in [0, 0.1) is 23.7 Å². The fourth-order valence-electron chi connectivity index (χ4n) is 10.4. The maximum Gasteiger partial charge on any atom is 0.338 e. The second-order valence-electron chi connectivity index (χ2n) is 17.8. The molecule has 4 aliphatic rings. The third-order valence-electron chi connectivity index (χ3n) is 13.8. The molecule has 1 saturated heterocycles. The number of hydrogen-bond acceptors (Lipinski definition) is 14. The molecule has 0 radical (unpaired) electrons. The van der Waals surface area contributed by atoms with E-state index in [0.29, 0.717) is 11.1 Å². The van der Waals surface area contributed by atoms with Gasteiger partial charge >= 0.3 is 23.9 Å². The van der Waals surface area contributed by atoms with Gasteiger partial charge in [0, 0.05) is 37.7 Å². The molecule has 3 aliphatic carbocycles. The zero-order chi connectivity index (χ0) is 45.8. The Morgan fingerprint density at radius 2 is 1.46 bits per heavy atom. The number of nitrogens with one attached hydrogen (secondary N) is 1. The van der Waals surface area contributed by atoms with Crippen molar-refractivity contribution in [1.29, 1.82) is 0 Å². The number of esters is 4. The fourth-order valence-corrected chi connectivity index (χ4v) is 10.4. The Hall–Kier alpha value is -5.74. The molecule has 11 atom stereocenters. The van der Waals surface area contributed by atoms with E-state index in [1.54, 1.807) is 99.6 Å². The maximum absolute atomic E-state index is 15.5. The van der Waals surface area contributed by atoms with Crippen molar-refractivity contribution in [3.8, 4) is 0 Å². The van der Waals surface area contributed by atoms with Gasteiger partial charge in [0.15, 0.2) is 23.6 Å². The van der Waals surface area contributed by atoms with Crippen LogP contribution in [0.15, 0.2) is 96.1 Å². The molecule has 4 N–H and O–H groups in total. The number of ketones is 1. The summed E-state index contributed by atoms with van der Waals surface area (Å²) in [4.78, 5) is 83.9. The number of ether oxygens (including phenoxy) is 5. The molecule has 2 bridgehead atoms. The van der Waals surface area contributed by atoms with Gasteiger partial charge in [0.05, 0.1) is 35.6 Å². The maximum atomic E-state index is 15.5. The zero-order valence-electron chi connectivity index (χ0n) is 36.2. The largest absolute Gasteiger partial charge is 0.456 e. The molecule has 15 heteroatoms. The lowest BCUT2D eigenvalue weighted by Crippen LogP contribution is -2.82. The minimum absolute atomic E-state index is 0.00179. The van der Waals surface area contributed by atoms with Gasteiger partial charge in [0.25, 0.3) is 5.91 Å². The number of Topliss-reactive ketones (excluding diaryl/α,β-unsaturated/α-hetero) is 1. The third kappa shape index (κ3) is 7.54. The van der Waals surface area contributed by atoms with Crippen LogP contribution in [-0.4, -0.2) is 105 Å². The molecular formula is C48H53NO14. The number of aliphatic hydroxyl groups excluding tert-OH is 2. The molecule has 334 valence electrons. The van der Waals surface area contributed by atoms with Crippen molar-refractivity contribution < 1.29 is 67.8 Å². The van der Waals surface area contributed by atoms with Gasteiger partial charge in [-0.15, -0.1) is 0 Å². The number of carbonyl (C=O) groups is 6. The number of rotatable bonds is 10. The molecule has 3 aromatic carbocycles. The lowest BCUT2D eigenvalue weighted by molar-refractivity contribution is -0.346. The monoisotopic (exact) mass is 867 g/mol. The summed E-state index contributed by atoms with van der Waals surface area (Å²) in [7, 11) is 0. The van der Waals surface area contributed by atoms with Crippen LogP contribution in [-0.2, 0) is 42.9 Å². The number of carbonyl (C=O) groups excluding carboxylic acids is 6. The summed E-state index contributed by atoms with van der Waals surface area (Å²) in [6.07, 6.45) is -10.5. The van der Waals surface area contributed by atoms with E-state index in [4.69, 9.17) is 23.7 Å². The average molecular weight is 868 g/mol. The highest BCUT2D eigenvalue weighted by molar-refractivity contribution is 5.96. The van der Waals surface area contributed by atoms with Gasteiger partial charge in [-0.25, -0.2) is 9.59 Å². The predicted molar refractivity (Wildman–Crippen MR) is 222 cm³/mol. The van der Waals surface area contributed by atoms with E-state index in [2.05, 4.69) is 5.32 Å². The van der Waals surface area contributed by atoms with Gasteiger partial charge in [0.2, 0.25) is 0 Å². The van der Waals surface area contributed by atoms with Crippen molar-refractivity contribution in [3.63, 3.8) is 0 Å². The molecule has 3 fully saturated rings. The standard InChI is InChI=1S/C48H53NO14/c1-25-16-14-15-21-31(25)43(56)62-41-39-46(7,33(52)22-34-47(39,24-59-34)63-28(4)51)40(54)38(60-27(3)50)35-26(2)32(23-48(41,58)45(35,5)6)61-44(57)37(53)36(29-17-10-8-11-18-29)49-42(55)30-19-12-9-13-20-30/h8-21,32-34,36-39,41,52-53,58H,22-24H2,1-7H3,(H,49,55)/t32-,33-,34?,36-,37+,38+,39-,41-,46+,47-,48+/m0/s1. The fraction of sp³-hybridized carbons (Fsp3) is 0.458.